The topological polar surface area (TPSA) is 208 Å². The van der Waals surface area contributed by atoms with Crippen molar-refractivity contribution in [2.45, 2.75) is 186 Å². The van der Waals surface area contributed by atoms with Crippen molar-refractivity contribution in [3.8, 4) is 0 Å². The van der Waals surface area contributed by atoms with Gasteiger partial charge in [0.25, 0.3) is 0 Å². The van der Waals surface area contributed by atoms with Gasteiger partial charge in [-0.3, -0.25) is 19.4 Å². The Morgan fingerprint density at radius 2 is 1.55 bits per heavy atom. The van der Waals surface area contributed by atoms with E-state index in [-0.39, 0.29) is 50.2 Å². The van der Waals surface area contributed by atoms with E-state index in [9.17, 15) is 29.4 Å². The highest BCUT2D eigenvalue weighted by atomic mass is 16.7. The number of rotatable bonds is 13. The molecule has 0 radical (unpaired) electrons. The van der Waals surface area contributed by atoms with E-state index in [1.807, 2.05) is 51.9 Å². The summed E-state index contributed by atoms with van der Waals surface area (Å²) in [5, 5.41) is 25.2. The third kappa shape index (κ3) is 12.5. The lowest BCUT2D eigenvalue weighted by molar-refractivity contribution is -0.320. The predicted molar refractivity (Wildman–Crippen MR) is 255 cm³/mol. The first-order chi connectivity index (χ1) is 32.3. The van der Waals surface area contributed by atoms with Gasteiger partial charge in [-0.25, -0.2) is 4.79 Å². The number of likely N-dealkylation sites (N-methyl/N-ethyl adjacent to an activating group) is 1. The van der Waals surface area contributed by atoms with Gasteiger partial charge in [0.1, 0.15) is 29.2 Å². The number of ether oxygens (including phenoxy) is 9. The fourth-order valence-electron chi connectivity index (χ4n) is 11.2. The summed E-state index contributed by atoms with van der Waals surface area (Å²) in [6.45, 7) is 18.8. The van der Waals surface area contributed by atoms with Crippen molar-refractivity contribution >= 4 is 34.6 Å². The molecule has 388 valence electrons. The van der Waals surface area contributed by atoms with Gasteiger partial charge in [0.05, 0.1) is 53.6 Å². The smallest absolute Gasteiger partial charge is 0.338 e. The van der Waals surface area contributed by atoms with Gasteiger partial charge in [0.2, 0.25) is 0 Å². The van der Waals surface area contributed by atoms with Crippen molar-refractivity contribution in [3.63, 3.8) is 0 Å². The molecule has 3 aliphatic rings. The predicted octanol–water partition coefficient (Wildman–Crippen LogP) is 6.06. The van der Waals surface area contributed by atoms with E-state index in [2.05, 4.69) is 4.98 Å². The lowest BCUT2D eigenvalue weighted by Gasteiger charge is -2.50. The summed E-state index contributed by atoms with van der Waals surface area (Å²) in [6.07, 6.45) is -5.76. The molecule has 18 atom stereocenters. The number of pyridine rings is 1. The number of para-hydroxylation sites is 1. The number of carbonyl (C=O) groups excluding carboxylic acids is 4. The number of aliphatic hydroxyl groups is 2. The molecule has 4 heterocycles. The SMILES string of the molecule is CC[C@H]1OC(=O)[C@H](C)[C@@H](OC2C[C@@](C)(OC)[C@@H](OC(C)=O)[C@H](C)O2)[C@H](C)[C@@H](O[C@@H]2O[C@H](C)C[C@H](N(C)C)[C@H]2O)[C@](C)(OC)C[C@@H](C)C(=O)C(C)[C@@H](CCOC(=O)c2ccnc3ccccc23)[C@]1(C)O. The molecule has 3 aliphatic heterocycles. The second kappa shape index (κ2) is 23.3. The van der Waals surface area contributed by atoms with Gasteiger partial charge >= 0.3 is 17.9 Å². The number of methoxy groups -OCH3 is 2. The first kappa shape index (κ1) is 56.3. The maximum Gasteiger partial charge on any atom is 0.338 e. The minimum Gasteiger partial charge on any atom is -0.462 e. The van der Waals surface area contributed by atoms with Crippen LogP contribution in [0.2, 0.25) is 0 Å². The van der Waals surface area contributed by atoms with Crippen LogP contribution in [0.25, 0.3) is 10.9 Å². The molecule has 5 rings (SSSR count). The fraction of sp³-hybridized carbons (Fsp3) is 0.750. The van der Waals surface area contributed by atoms with Gasteiger partial charge in [0, 0.05) is 68.9 Å². The van der Waals surface area contributed by atoms with Crippen molar-refractivity contribution in [1.29, 1.82) is 0 Å². The Balaban J connectivity index is 1.58. The maximum atomic E-state index is 14.9. The van der Waals surface area contributed by atoms with Gasteiger partial charge in [-0.15, -0.1) is 0 Å². The van der Waals surface area contributed by atoms with E-state index in [1.54, 1.807) is 66.7 Å². The van der Waals surface area contributed by atoms with Crippen molar-refractivity contribution in [2.24, 2.45) is 29.6 Å². The number of fused-ring (bicyclic) bond motifs is 1. The monoisotopic (exact) mass is 973 g/mol. The highest BCUT2D eigenvalue weighted by Crippen LogP contribution is 2.43. The first-order valence-electron chi connectivity index (χ1n) is 24.5. The van der Waals surface area contributed by atoms with Crippen LogP contribution in [0.15, 0.2) is 36.5 Å². The van der Waals surface area contributed by atoms with Crippen LogP contribution in [0.4, 0.5) is 0 Å². The normalized spacial score (nSPS) is 39.7. The van der Waals surface area contributed by atoms with Gasteiger partial charge < -0.3 is 57.7 Å². The highest BCUT2D eigenvalue weighted by Gasteiger charge is 2.55. The Hall–Kier alpha value is -3.65. The lowest BCUT2D eigenvalue weighted by Crippen LogP contribution is -2.61. The fourth-order valence-corrected chi connectivity index (χ4v) is 11.2. The highest BCUT2D eigenvalue weighted by molar-refractivity contribution is 6.03. The quantitative estimate of drug-likeness (QED) is 0.173. The number of hydrogen-bond acceptors (Lipinski definition) is 17. The largest absolute Gasteiger partial charge is 0.462 e. The summed E-state index contributed by atoms with van der Waals surface area (Å²) in [5.41, 5.74) is -3.22. The zero-order chi connectivity index (χ0) is 51.3. The molecule has 0 saturated carbocycles. The van der Waals surface area contributed by atoms with E-state index in [1.165, 1.54) is 27.3 Å². The molecule has 2 aromatic rings. The number of Topliss-reactive ketones (excluding diaryl/α,β-unsaturated/α-hetero) is 1. The Bertz CT molecular complexity index is 2060. The summed E-state index contributed by atoms with van der Waals surface area (Å²) in [4.78, 5) is 61.9. The van der Waals surface area contributed by atoms with E-state index >= 15 is 0 Å². The van der Waals surface area contributed by atoms with Crippen molar-refractivity contribution in [1.82, 2.24) is 9.88 Å². The van der Waals surface area contributed by atoms with Crippen molar-refractivity contribution in [2.75, 3.05) is 34.9 Å². The molecule has 3 saturated heterocycles. The molecular formula is C52H80N2O15. The van der Waals surface area contributed by atoms with E-state index in [4.69, 9.17) is 42.6 Å². The standard InChI is InChI=1S/C52H80N2O15/c1-16-40-52(11,60)37(22-24-63-48(59)36-21-23-53-38-20-18-17-19-35(36)38)30(4)42(56)28(2)26-50(9,61-14)45(69-49-43(57)39(54(12)13)25-29(3)64-49)31(5)44(32(6)47(58)67-40)68-41-27-51(10,62-15)46(33(7)65-41)66-34(8)55/h17-21,23,28-33,37,39-41,43-46,49,57,60H,16,22,24-27H2,1-15H3/t28-,29-,30?,31+,32-,33+,37-,39+,40-,41?,43-,44+,45-,46+,49+,50-,51-,52+/m1/s1. The van der Waals surface area contributed by atoms with E-state index in [0.717, 1.165) is 0 Å². The van der Waals surface area contributed by atoms with Crippen LogP contribution >= 0.6 is 0 Å². The average molecular weight is 973 g/mol. The number of cyclic esters (lactones) is 1. The molecule has 0 spiro atoms. The number of aliphatic hydroxyl groups excluding tert-OH is 1. The molecule has 0 bridgehead atoms. The van der Waals surface area contributed by atoms with Crippen LogP contribution in [0.5, 0.6) is 0 Å². The third-order valence-corrected chi connectivity index (χ3v) is 15.3. The Kier molecular flexibility index (Phi) is 19.0. The summed E-state index contributed by atoms with van der Waals surface area (Å²) in [6, 6.07) is 8.49. The zero-order valence-electron chi connectivity index (χ0n) is 43.5. The molecule has 0 amide bonds. The molecule has 17 nitrogen and oxygen atoms in total. The minimum atomic E-state index is -1.81. The Labute approximate surface area is 408 Å². The maximum absolute atomic E-state index is 14.9. The molecule has 1 aromatic heterocycles. The number of esters is 3. The first-order valence-corrected chi connectivity index (χ1v) is 24.5. The van der Waals surface area contributed by atoms with Gasteiger partial charge in [-0.1, -0.05) is 45.9 Å². The molecule has 3 fully saturated rings. The minimum absolute atomic E-state index is 0.0486. The third-order valence-electron chi connectivity index (χ3n) is 15.3. The number of ketones is 1. The van der Waals surface area contributed by atoms with Gasteiger partial charge in [-0.2, -0.15) is 0 Å². The summed E-state index contributed by atoms with van der Waals surface area (Å²) in [5.74, 6) is -6.25. The van der Waals surface area contributed by atoms with Crippen LogP contribution in [0, 0.1) is 29.6 Å². The average Bonchev–Trinajstić information content (AvgIpc) is 3.30. The summed E-state index contributed by atoms with van der Waals surface area (Å²) in [7, 11) is 6.80. The summed E-state index contributed by atoms with van der Waals surface area (Å²) >= 11 is 0. The number of benzene rings is 1. The van der Waals surface area contributed by atoms with Crippen LogP contribution in [-0.2, 0) is 57.0 Å². The van der Waals surface area contributed by atoms with Crippen LogP contribution < -0.4 is 0 Å². The molecule has 2 unspecified atom stereocenters. The second-order valence-corrected chi connectivity index (χ2v) is 20.7. The lowest BCUT2D eigenvalue weighted by atomic mass is 9.69. The molecule has 1 aromatic carbocycles. The van der Waals surface area contributed by atoms with Crippen molar-refractivity contribution < 1.29 is 72.0 Å². The van der Waals surface area contributed by atoms with E-state index < -0.39 is 114 Å². The molecule has 69 heavy (non-hydrogen) atoms. The number of hydrogen-bond donors (Lipinski definition) is 2. The zero-order valence-corrected chi connectivity index (χ0v) is 43.5. The molecule has 0 aliphatic carbocycles. The Morgan fingerprint density at radius 3 is 2.17 bits per heavy atom. The number of nitrogens with zero attached hydrogens (tertiary/aromatic N) is 2. The van der Waals surface area contributed by atoms with Crippen LogP contribution in [0.3, 0.4) is 0 Å². The van der Waals surface area contributed by atoms with Crippen LogP contribution in [0.1, 0.15) is 119 Å². The van der Waals surface area contributed by atoms with Gasteiger partial charge in [-0.05, 0) is 93.5 Å². The van der Waals surface area contributed by atoms with Crippen LogP contribution in [-0.4, -0.2) is 157 Å². The second-order valence-electron chi connectivity index (χ2n) is 20.7. The van der Waals surface area contributed by atoms with E-state index in [0.29, 0.717) is 22.9 Å². The van der Waals surface area contributed by atoms with Crippen molar-refractivity contribution in [3.05, 3.63) is 42.1 Å². The number of carbonyl (C=O) groups is 4. The molecule has 2 N–H and O–H groups in total. The molecule has 17 heteroatoms. The molecular weight excluding hydrogens is 893 g/mol. The Morgan fingerprint density at radius 1 is 0.899 bits per heavy atom. The number of aromatic nitrogens is 1. The summed E-state index contributed by atoms with van der Waals surface area (Å²) < 4.78 is 57.0. The van der Waals surface area contributed by atoms with Gasteiger partial charge in [0.15, 0.2) is 18.7 Å².